The first-order valence-electron chi connectivity index (χ1n) is 6.51. The Hall–Kier alpha value is -1.22. The van der Waals surface area contributed by atoms with Crippen molar-refractivity contribution in [3.63, 3.8) is 0 Å². The van der Waals surface area contributed by atoms with Crippen LogP contribution in [0.25, 0.3) is 0 Å². The van der Waals surface area contributed by atoms with Crippen molar-refractivity contribution in [3.05, 3.63) is 23.8 Å². The molecule has 1 saturated heterocycles. The lowest BCUT2D eigenvalue weighted by Crippen LogP contribution is -2.22. The third-order valence-corrected chi connectivity index (χ3v) is 3.69. The molecule has 1 aliphatic heterocycles. The van der Waals surface area contributed by atoms with Gasteiger partial charge >= 0.3 is 0 Å². The minimum absolute atomic E-state index is 0.775. The van der Waals surface area contributed by atoms with Crippen molar-refractivity contribution in [2.75, 3.05) is 37.2 Å². The van der Waals surface area contributed by atoms with Crippen LogP contribution in [-0.2, 0) is 0 Å². The van der Waals surface area contributed by atoms with E-state index >= 15 is 0 Å². The summed E-state index contributed by atoms with van der Waals surface area (Å²) >= 11 is 0. The normalized spacial score (nSPS) is 20.7. The van der Waals surface area contributed by atoms with Crippen molar-refractivity contribution in [3.8, 4) is 0 Å². The number of aryl methyl sites for hydroxylation is 1. The zero-order chi connectivity index (χ0) is 12.3. The standard InChI is InChI=1S/C14H23N3/c1-3-17-7-6-12(10-17)9-16-13-5-4-11(2)14(15)8-13/h4-5,8,12,16H,3,6-7,9-10,15H2,1-2H3. The number of nitrogens with one attached hydrogen (secondary N) is 1. The Labute approximate surface area is 104 Å². The van der Waals surface area contributed by atoms with Gasteiger partial charge in [-0.3, -0.25) is 0 Å². The Kier molecular flexibility index (Phi) is 3.89. The molecule has 3 heteroatoms. The molecule has 17 heavy (non-hydrogen) atoms. The van der Waals surface area contributed by atoms with Gasteiger partial charge in [0.05, 0.1) is 0 Å². The monoisotopic (exact) mass is 233 g/mol. The summed E-state index contributed by atoms with van der Waals surface area (Å²) in [6.45, 7) is 8.97. The second kappa shape index (κ2) is 5.41. The molecular formula is C14H23N3. The maximum Gasteiger partial charge on any atom is 0.0364 e. The molecule has 3 nitrogen and oxygen atoms in total. The summed E-state index contributed by atoms with van der Waals surface area (Å²) in [5.41, 5.74) is 9.06. The van der Waals surface area contributed by atoms with Crippen LogP contribution in [0.1, 0.15) is 18.9 Å². The first-order chi connectivity index (χ1) is 8.19. The summed E-state index contributed by atoms with van der Waals surface area (Å²) in [6, 6.07) is 6.21. The van der Waals surface area contributed by atoms with Crippen LogP contribution in [0.3, 0.4) is 0 Å². The van der Waals surface area contributed by atoms with E-state index in [1.54, 1.807) is 0 Å². The van der Waals surface area contributed by atoms with Crippen LogP contribution in [0.2, 0.25) is 0 Å². The smallest absolute Gasteiger partial charge is 0.0364 e. The number of nitrogens with two attached hydrogens (primary N) is 1. The Bertz CT molecular complexity index is 376. The molecule has 1 unspecified atom stereocenters. The van der Waals surface area contributed by atoms with Gasteiger partial charge in [-0.1, -0.05) is 13.0 Å². The summed E-state index contributed by atoms with van der Waals surface area (Å²) in [6.07, 6.45) is 1.31. The zero-order valence-corrected chi connectivity index (χ0v) is 10.9. The quantitative estimate of drug-likeness (QED) is 0.784. The number of hydrogen-bond acceptors (Lipinski definition) is 3. The van der Waals surface area contributed by atoms with E-state index in [0.717, 1.165) is 29.4 Å². The third kappa shape index (κ3) is 3.13. The van der Waals surface area contributed by atoms with Crippen LogP contribution in [-0.4, -0.2) is 31.1 Å². The van der Waals surface area contributed by atoms with Gasteiger partial charge in [-0.25, -0.2) is 0 Å². The highest BCUT2D eigenvalue weighted by Crippen LogP contribution is 2.19. The molecule has 0 bridgehead atoms. The van der Waals surface area contributed by atoms with E-state index in [1.807, 2.05) is 13.0 Å². The molecule has 1 aromatic rings. The van der Waals surface area contributed by atoms with E-state index in [0.29, 0.717) is 0 Å². The van der Waals surface area contributed by atoms with Crippen molar-refractivity contribution in [1.29, 1.82) is 0 Å². The van der Waals surface area contributed by atoms with E-state index in [4.69, 9.17) is 5.73 Å². The molecule has 2 rings (SSSR count). The Morgan fingerprint density at radius 3 is 2.94 bits per heavy atom. The topological polar surface area (TPSA) is 41.3 Å². The lowest BCUT2D eigenvalue weighted by atomic mass is 10.1. The van der Waals surface area contributed by atoms with E-state index in [-0.39, 0.29) is 0 Å². The zero-order valence-electron chi connectivity index (χ0n) is 10.9. The van der Waals surface area contributed by atoms with Gasteiger partial charge in [-0.2, -0.15) is 0 Å². The van der Waals surface area contributed by atoms with E-state index < -0.39 is 0 Å². The van der Waals surface area contributed by atoms with Crippen molar-refractivity contribution in [2.24, 2.45) is 5.92 Å². The number of anilines is 2. The number of likely N-dealkylation sites (tertiary alicyclic amines) is 1. The average molecular weight is 233 g/mol. The fourth-order valence-corrected chi connectivity index (χ4v) is 2.38. The van der Waals surface area contributed by atoms with Gasteiger partial charge in [-0.15, -0.1) is 0 Å². The Morgan fingerprint density at radius 2 is 2.29 bits per heavy atom. The second-order valence-corrected chi connectivity index (χ2v) is 5.00. The lowest BCUT2D eigenvalue weighted by Gasteiger charge is -2.15. The summed E-state index contributed by atoms with van der Waals surface area (Å²) in [5.74, 6) is 0.775. The average Bonchev–Trinajstić information content (AvgIpc) is 2.79. The number of nitrogen functional groups attached to an aromatic ring is 1. The predicted molar refractivity (Wildman–Crippen MR) is 74.3 cm³/mol. The number of benzene rings is 1. The largest absolute Gasteiger partial charge is 0.398 e. The van der Waals surface area contributed by atoms with Crippen LogP contribution in [0.15, 0.2) is 18.2 Å². The summed E-state index contributed by atoms with van der Waals surface area (Å²) in [7, 11) is 0. The van der Waals surface area contributed by atoms with Crippen LogP contribution < -0.4 is 11.1 Å². The van der Waals surface area contributed by atoms with Crippen LogP contribution in [0.4, 0.5) is 11.4 Å². The Balaban J connectivity index is 1.84. The summed E-state index contributed by atoms with van der Waals surface area (Å²) in [4.78, 5) is 2.51. The highest BCUT2D eigenvalue weighted by molar-refractivity contribution is 5.58. The van der Waals surface area contributed by atoms with Crippen molar-refractivity contribution >= 4 is 11.4 Å². The van der Waals surface area contributed by atoms with Crippen molar-refractivity contribution in [2.45, 2.75) is 20.3 Å². The SMILES string of the molecule is CCN1CCC(CNc2ccc(C)c(N)c2)C1. The van der Waals surface area contributed by atoms with E-state index in [9.17, 15) is 0 Å². The highest BCUT2D eigenvalue weighted by Gasteiger charge is 2.20. The van der Waals surface area contributed by atoms with E-state index in [2.05, 4.69) is 29.3 Å². The maximum atomic E-state index is 5.90. The molecule has 1 heterocycles. The molecular weight excluding hydrogens is 210 g/mol. The van der Waals surface area contributed by atoms with Crippen molar-refractivity contribution < 1.29 is 0 Å². The fourth-order valence-electron chi connectivity index (χ4n) is 2.38. The summed E-state index contributed by atoms with van der Waals surface area (Å²) < 4.78 is 0. The van der Waals surface area contributed by atoms with Gasteiger partial charge in [0, 0.05) is 24.5 Å². The lowest BCUT2D eigenvalue weighted by molar-refractivity contribution is 0.345. The molecule has 3 N–H and O–H groups in total. The van der Waals surface area contributed by atoms with Gasteiger partial charge in [0.2, 0.25) is 0 Å². The molecule has 0 aromatic heterocycles. The third-order valence-electron chi connectivity index (χ3n) is 3.69. The molecule has 1 aromatic carbocycles. The molecule has 0 spiro atoms. The first kappa shape index (κ1) is 12.2. The van der Waals surface area contributed by atoms with Gasteiger partial charge in [0.25, 0.3) is 0 Å². The molecule has 1 aliphatic rings. The number of nitrogens with zero attached hydrogens (tertiary/aromatic N) is 1. The maximum absolute atomic E-state index is 5.90. The van der Waals surface area contributed by atoms with Crippen molar-refractivity contribution in [1.82, 2.24) is 4.90 Å². The second-order valence-electron chi connectivity index (χ2n) is 5.00. The van der Waals surface area contributed by atoms with Crippen LogP contribution in [0, 0.1) is 12.8 Å². The Morgan fingerprint density at radius 1 is 1.47 bits per heavy atom. The van der Waals surface area contributed by atoms with Gasteiger partial charge in [0.1, 0.15) is 0 Å². The fraction of sp³-hybridized carbons (Fsp3) is 0.571. The molecule has 1 fully saturated rings. The van der Waals surface area contributed by atoms with Gasteiger partial charge in [0.15, 0.2) is 0 Å². The molecule has 1 atom stereocenters. The van der Waals surface area contributed by atoms with Crippen LogP contribution >= 0.6 is 0 Å². The molecule has 0 radical (unpaired) electrons. The summed E-state index contributed by atoms with van der Waals surface area (Å²) in [5, 5.41) is 3.49. The van der Waals surface area contributed by atoms with E-state index in [1.165, 1.54) is 26.1 Å². The molecule has 0 saturated carbocycles. The minimum atomic E-state index is 0.775. The molecule has 94 valence electrons. The van der Waals surface area contributed by atoms with Crippen LogP contribution in [0.5, 0.6) is 0 Å². The number of hydrogen-bond donors (Lipinski definition) is 2. The number of rotatable bonds is 4. The van der Waals surface area contributed by atoms with Gasteiger partial charge < -0.3 is 16.0 Å². The predicted octanol–water partition coefficient (Wildman–Crippen LogP) is 2.33. The first-order valence-corrected chi connectivity index (χ1v) is 6.51. The molecule has 0 aliphatic carbocycles. The molecule has 0 amide bonds. The minimum Gasteiger partial charge on any atom is -0.398 e. The van der Waals surface area contributed by atoms with Gasteiger partial charge in [-0.05, 0) is 50.0 Å². The highest BCUT2D eigenvalue weighted by atomic mass is 15.1.